The Bertz CT molecular complexity index is 328. The average Bonchev–Trinajstić information content (AvgIpc) is 2.52. The van der Waals surface area contributed by atoms with E-state index in [-0.39, 0.29) is 30.3 Å². The van der Waals surface area contributed by atoms with Crippen molar-refractivity contribution in [1.29, 1.82) is 0 Å². The minimum Gasteiger partial charge on any atom is -0.396 e. The summed E-state index contributed by atoms with van der Waals surface area (Å²) in [6, 6.07) is 0. The van der Waals surface area contributed by atoms with Crippen LogP contribution in [0.3, 0.4) is 0 Å². The van der Waals surface area contributed by atoms with Crippen molar-refractivity contribution in [3.8, 4) is 0 Å². The molecular weight excluding hydrogens is 270 g/mol. The molecule has 21 heavy (non-hydrogen) atoms. The summed E-state index contributed by atoms with van der Waals surface area (Å²) >= 11 is 0. The van der Waals surface area contributed by atoms with Gasteiger partial charge in [-0.3, -0.25) is 9.59 Å². The van der Waals surface area contributed by atoms with Crippen LogP contribution in [-0.2, 0) is 9.59 Å². The zero-order chi connectivity index (χ0) is 15.7. The third-order valence-electron chi connectivity index (χ3n) is 3.93. The maximum Gasteiger partial charge on any atom is 0.226 e. The van der Waals surface area contributed by atoms with Gasteiger partial charge in [-0.2, -0.15) is 0 Å². The highest BCUT2D eigenvalue weighted by Gasteiger charge is 2.28. The van der Waals surface area contributed by atoms with E-state index in [0.717, 1.165) is 19.4 Å². The van der Waals surface area contributed by atoms with Crippen LogP contribution >= 0.6 is 0 Å². The Labute approximate surface area is 127 Å². The van der Waals surface area contributed by atoms with Gasteiger partial charge in [0.2, 0.25) is 11.8 Å². The second-order valence-electron chi connectivity index (χ2n) is 5.68. The molecule has 1 fully saturated rings. The number of nitrogens with zero attached hydrogens (tertiary/aromatic N) is 1. The molecule has 1 unspecified atom stereocenters. The summed E-state index contributed by atoms with van der Waals surface area (Å²) in [6.07, 6.45) is 2.04. The molecule has 0 aromatic heterocycles. The van der Waals surface area contributed by atoms with Gasteiger partial charge in [0.15, 0.2) is 0 Å². The number of carbonyl (C=O) groups is 2. The standard InChI is InChI=1S/C15H29N3O3/c1-3-16-11-12(2)15(21)18-8-5-13(6-9-18)14(20)17-7-4-10-19/h12-13,16,19H,3-11H2,1-2H3,(H,17,20). The zero-order valence-electron chi connectivity index (χ0n) is 13.2. The van der Waals surface area contributed by atoms with Crippen molar-refractivity contribution in [3.05, 3.63) is 0 Å². The molecule has 0 aromatic rings. The number of carbonyl (C=O) groups excluding carboxylic acids is 2. The van der Waals surface area contributed by atoms with Crippen LogP contribution in [0.15, 0.2) is 0 Å². The first kappa shape index (κ1) is 17.9. The molecule has 3 N–H and O–H groups in total. The number of likely N-dealkylation sites (tertiary alicyclic amines) is 1. The van der Waals surface area contributed by atoms with Gasteiger partial charge in [-0.15, -0.1) is 0 Å². The van der Waals surface area contributed by atoms with E-state index in [1.807, 2.05) is 18.7 Å². The van der Waals surface area contributed by atoms with Gasteiger partial charge >= 0.3 is 0 Å². The van der Waals surface area contributed by atoms with Crippen molar-refractivity contribution >= 4 is 11.8 Å². The molecule has 122 valence electrons. The predicted octanol–water partition coefficient (Wildman–Crippen LogP) is -0.0308. The molecule has 0 aliphatic carbocycles. The summed E-state index contributed by atoms with van der Waals surface area (Å²) in [5.74, 6) is 0.211. The van der Waals surface area contributed by atoms with E-state index < -0.39 is 0 Å². The lowest BCUT2D eigenvalue weighted by Gasteiger charge is -2.33. The van der Waals surface area contributed by atoms with Gasteiger partial charge in [-0.05, 0) is 25.8 Å². The van der Waals surface area contributed by atoms with Crippen molar-refractivity contribution in [1.82, 2.24) is 15.5 Å². The predicted molar refractivity (Wildman–Crippen MR) is 81.7 cm³/mol. The fourth-order valence-corrected chi connectivity index (χ4v) is 2.56. The van der Waals surface area contributed by atoms with Gasteiger partial charge in [-0.1, -0.05) is 13.8 Å². The molecule has 6 nitrogen and oxygen atoms in total. The smallest absolute Gasteiger partial charge is 0.226 e. The Balaban J connectivity index is 2.31. The van der Waals surface area contributed by atoms with E-state index in [9.17, 15) is 9.59 Å². The topological polar surface area (TPSA) is 81.7 Å². The molecule has 1 heterocycles. The first-order valence-corrected chi connectivity index (χ1v) is 7.98. The van der Waals surface area contributed by atoms with Crippen LogP contribution in [0.25, 0.3) is 0 Å². The van der Waals surface area contributed by atoms with E-state index in [4.69, 9.17) is 5.11 Å². The molecule has 1 aliphatic heterocycles. The van der Waals surface area contributed by atoms with E-state index in [2.05, 4.69) is 10.6 Å². The summed E-state index contributed by atoms with van der Waals surface area (Å²) in [5.41, 5.74) is 0. The van der Waals surface area contributed by atoms with Crippen LogP contribution in [0, 0.1) is 11.8 Å². The van der Waals surface area contributed by atoms with Crippen molar-refractivity contribution in [2.45, 2.75) is 33.1 Å². The summed E-state index contributed by atoms with van der Waals surface area (Å²) < 4.78 is 0. The SMILES string of the molecule is CCNCC(C)C(=O)N1CCC(C(=O)NCCCO)CC1. The average molecular weight is 299 g/mol. The molecule has 1 atom stereocenters. The lowest BCUT2D eigenvalue weighted by molar-refractivity contribution is -0.138. The minimum atomic E-state index is -0.0140. The van der Waals surface area contributed by atoms with Crippen LogP contribution < -0.4 is 10.6 Å². The van der Waals surface area contributed by atoms with Gasteiger partial charge < -0.3 is 20.6 Å². The third-order valence-corrected chi connectivity index (χ3v) is 3.93. The molecule has 1 aliphatic rings. The molecular formula is C15H29N3O3. The van der Waals surface area contributed by atoms with Gasteiger partial charge in [-0.25, -0.2) is 0 Å². The second kappa shape index (κ2) is 9.73. The first-order valence-electron chi connectivity index (χ1n) is 7.98. The lowest BCUT2D eigenvalue weighted by atomic mass is 9.95. The molecule has 0 spiro atoms. The monoisotopic (exact) mass is 299 g/mol. The fraction of sp³-hybridized carbons (Fsp3) is 0.867. The number of piperidine rings is 1. The quantitative estimate of drug-likeness (QED) is 0.550. The van der Waals surface area contributed by atoms with Crippen molar-refractivity contribution in [2.75, 3.05) is 39.3 Å². The third kappa shape index (κ3) is 6.01. The highest BCUT2D eigenvalue weighted by atomic mass is 16.3. The van der Waals surface area contributed by atoms with Gasteiger partial charge in [0.25, 0.3) is 0 Å². The lowest BCUT2D eigenvalue weighted by Crippen LogP contribution is -2.46. The van der Waals surface area contributed by atoms with Gasteiger partial charge in [0, 0.05) is 44.6 Å². The molecule has 2 amide bonds. The summed E-state index contributed by atoms with van der Waals surface area (Å²) in [7, 11) is 0. The first-order chi connectivity index (χ1) is 10.1. The van der Waals surface area contributed by atoms with Gasteiger partial charge in [0.1, 0.15) is 0 Å². The number of hydrogen-bond acceptors (Lipinski definition) is 4. The van der Waals surface area contributed by atoms with Crippen molar-refractivity contribution in [3.63, 3.8) is 0 Å². The second-order valence-corrected chi connectivity index (χ2v) is 5.68. The summed E-state index contributed by atoms with van der Waals surface area (Å²) in [5, 5.41) is 14.7. The van der Waals surface area contributed by atoms with Gasteiger partial charge in [0.05, 0.1) is 0 Å². The van der Waals surface area contributed by atoms with Crippen molar-refractivity contribution < 1.29 is 14.7 Å². The van der Waals surface area contributed by atoms with E-state index >= 15 is 0 Å². The highest BCUT2D eigenvalue weighted by molar-refractivity contribution is 5.81. The van der Waals surface area contributed by atoms with E-state index in [1.54, 1.807) is 0 Å². The van der Waals surface area contributed by atoms with Crippen LogP contribution in [0.2, 0.25) is 0 Å². The number of aliphatic hydroxyl groups excluding tert-OH is 1. The van der Waals surface area contributed by atoms with Crippen molar-refractivity contribution in [2.24, 2.45) is 11.8 Å². The Morgan fingerprint density at radius 3 is 2.57 bits per heavy atom. The number of hydrogen-bond donors (Lipinski definition) is 3. The summed E-state index contributed by atoms with van der Waals surface area (Å²) in [6.45, 7) is 7.48. The molecule has 0 aromatic carbocycles. The number of aliphatic hydroxyl groups is 1. The Morgan fingerprint density at radius 2 is 2.00 bits per heavy atom. The maximum atomic E-state index is 12.2. The normalized spacial score (nSPS) is 17.6. The van der Waals surface area contributed by atoms with Crippen LogP contribution in [0.4, 0.5) is 0 Å². The zero-order valence-corrected chi connectivity index (χ0v) is 13.2. The Morgan fingerprint density at radius 1 is 1.33 bits per heavy atom. The minimum absolute atomic E-state index is 0.00295. The van der Waals surface area contributed by atoms with E-state index in [0.29, 0.717) is 32.6 Å². The number of rotatable bonds is 8. The molecule has 0 bridgehead atoms. The molecule has 6 heteroatoms. The van der Waals surface area contributed by atoms with Crippen LogP contribution in [0.1, 0.15) is 33.1 Å². The number of amides is 2. The van der Waals surface area contributed by atoms with Crippen LogP contribution in [-0.4, -0.2) is 61.2 Å². The molecule has 0 radical (unpaired) electrons. The number of nitrogens with one attached hydrogen (secondary N) is 2. The molecule has 0 saturated carbocycles. The maximum absolute atomic E-state index is 12.2. The largest absolute Gasteiger partial charge is 0.396 e. The Kier molecular flexibility index (Phi) is 8.30. The highest BCUT2D eigenvalue weighted by Crippen LogP contribution is 2.19. The molecule has 1 rings (SSSR count). The summed E-state index contributed by atoms with van der Waals surface area (Å²) in [4.78, 5) is 26.0. The molecule has 1 saturated heterocycles. The Hall–Kier alpha value is -1.14. The van der Waals surface area contributed by atoms with Crippen LogP contribution in [0.5, 0.6) is 0 Å². The fourth-order valence-electron chi connectivity index (χ4n) is 2.56. The van der Waals surface area contributed by atoms with E-state index in [1.165, 1.54) is 0 Å².